The number of hydrogen-bond donors (Lipinski definition) is 0. The third-order valence-electron chi connectivity index (χ3n) is 4.08. The van der Waals surface area contributed by atoms with Gasteiger partial charge in [0, 0.05) is 13.5 Å². The van der Waals surface area contributed by atoms with Gasteiger partial charge in [0.05, 0.1) is 11.1 Å². The molecule has 1 heterocycles. The van der Waals surface area contributed by atoms with Gasteiger partial charge in [-0.2, -0.15) is 0 Å². The molecule has 6 nitrogen and oxygen atoms in total. The Labute approximate surface area is 151 Å². The quantitative estimate of drug-likeness (QED) is 0.741. The smallest absolute Gasteiger partial charge is 0.338 e. The van der Waals surface area contributed by atoms with Crippen molar-refractivity contribution in [1.82, 2.24) is 0 Å². The highest BCUT2D eigenvalue weighted by molar-refractivity contribution is 5.90. The summed E-state index contributed by atoms with van der Waals surface area (Å²) in [5.41, 5.74) is 0.903. The van der Waals surface area contributed by atoms with E-state index >= 15 is 0 Å². The third-order valence-corrected chi connectivity index (χ3v) is 4.08. The zero-order valence-corrected chi connectivity index (χ0v) is 14.4. The minimum absolute atomic E-state index is 0.0275. The van der Waals surface area contributed by atoms with Crippen LogP contribution in [0.25, 0.3) is 0 Å². The summed E-state index contributed by atoms with van der Waals surface area (Å²) in [5, 5.41) is 0. The number of benzene rings is 2. The molecule has 0 N–H and O–H groups in total. The highest BCUT2D eigenvalue weighted by Gasteiger charge is 2.39. The number of carbonyl (C=O) groups is 2. The van der Waals surface area contributed by atoms with Gasteiger partial charge in [-0.25, -0.2) is 9.59 Å². The molecule has 1 aliphatic rings. The lowest BCUT2D eigenvalue weighted by molar-refractivity contribution is -0.128. The van der Waals surface area contributed by atoms with Gasteiger partial charge < -0.3 is 18.9 Å². The molecule has 1 aliphatic heterocycles. The molecule has 0 aromatic heterocycles. The molecule has 6 heteroatoms. The number of ether oxygens (including phenoxy) is 4. The number of hydrogen-bond acceptors (Lipinski definition) is 6. The first-order chi connectivity index (χ1) is 12.7. The molecule has 0 amide bonds. The number of methoxy groups -OCH3 is 1. The Hall–Kier alpha value is -2.70. The first-order valence-electron chi connectivity index (χ1n) is 8.34. The molecule has 3 atom stereocenters. The molecule has 0 bridgehead atoms. The molecular formula is C20H20O6. The van der Waals surface area contributed by atoms with E-state index in [0.29, 0.717) is 17.5 Å². The Kier molecular flexibility index (Phi) is 5.99. The molecule has 1 saturated heterocycles. The Morgan fingerprint density at radius 1 is 0.962 bits per heavy atom. The molecule has 0 aliphatic carbocycles. The van der Waals surface area contributed by atoms with Gasteiger partial charge in [-0.05, 0) is 24.3 Å². The molecule has 3 unspecified atom stereocenters. The highest BCUT2D eigenvalue weighted by atomic mass is 16.7. The monoisotopic (exact) mass is 356 g/mol. The summed E-state index contributed by atoms with van der Waals surface area (Å²) in [6, 6.07) is 17.4. The third kappa shape index (κ3) is 4.47. The van der Waals surface area contributed by atoms with Crippen LogP contribution in [0.2, 0.25) is 0 Å². The van der Waals surface area contributed by atoms with Crippen LogP contribution in [-0.2, 0) is 18.9 Å². The van der Waals surface area contributed by atoms with Gasteiger partial charge in [-0.15, -0.1) is 0 Å². The van der Waals surface area contributed by atoms with Gasteiger partial charge in [0.15, 0.2) is 6.29 Å². The lowest BCUT2D eigenvalue weighted by atomic mass is 10.1. The minimum Gasteiger partial charge on any atom is -0.459 e. The Bertz CT molecular complexity index is 730. The maximum Gasteiger partial charge on any atom is 0.338 e. The predicted molar refractivity (Wildman–Crippen MR) is 92.7 cm³/mol. The SMILES string of the molecule is COC1CC(OC(=O)c2ccccc2)C(COC(=O)c2ccccc2)O1. The summed E-state index contributed by atoms with van der Waals surface area (Å²) < 4.78 is 21.7. The van der Waals surface area contributed by atoms with Crippen molar-refractivity contribution in [3.8, 4) is 0 Å². The van der Waals surface area contributed by atoms with Crippen LogP contribution in [0.4, 0.5) is 0 Å². The standard InChI is InChI=1S/C20H20O6/c1-23-18-12-16(26-20(22)15-10-6-3-7-11-15)17(25-18)13-24-19(21)14-8-4-2-5-9-14/h2-11,16-18H,12-13H2,1H3. The van der Waals surface area contributed by atoms with Crippen LogP contribution >= 0.6 is 0 Å². The fourth-order valence-corrected chi connectivity index (χ4v) is 2.70. The normalized spacial score (nSPS) is 22.0. The van der Waals surface area contributed by atoms with Crippen LogP contribution in [0.1, 0.15) is 27.1 Å². The largest absolute Gasteiger partial charge is 0.459 e. The van der Waals surface area contributed by atoms with Crippen LogP contribution in [0.3, 0.4) is 0 Å². The van der Waals surface area contributed by atoms with E-state index in [-0.39, 0.29) is 6.61 Å². The van der Waals surface area contributed by atoms with Gasteiger partial charge in [-0.1, -0.05) is 36.4 Å². The van der Waals surface area contributed by atoms with E-state index < -0.39 is 30.4 Å². The van der Waals surface area contributed by atoms with E-state index in [0.717, 1.165) is 0 Å². The van der Waals surface area contributed by atoms with Gasteiger partial charge in [0.1, 0.15) is 18.8 Å². The fraction of sp³-hybridized carbons (Fsp3) is 0.300. The predicted octanol–water partition coefficient (Wildman–Crippen LogP) is 2.83. The molecule has 2 aromatic carbocycles. The van der Waals surface area contributed by atoms with E-state index in [2.05, 4.69) is 0 Å². The van der Waals surface area contributed by atoms with Crippen molar-refractivity contribution in [3.63, 3.8) is 0 Å². The topological polar surface area (TPSA) is 71.1 Å². The number of esters is 2. The summed E-state index contributed by atoms with van der Waals surface area (Å²) in [7, 11) is 1.51. The summed E-state index contributed by atoms with van der Waals surface area (Å²) in [4.78, 5) is 24.4. The van der Waals surface area contributed by atoms with Crippen molar-refractivity contribution >= 4 is 11.9 Å². The first kappa shape index (κ1) is 18.1. The second-order valence-electron chi connectivity index (χ2n) is 5.85. The summed E-state index contributed by atoms with van der Waals surface area (Å²) in [5.74, 6) is -0.904. The van der Waals surface area contributed by atoms with E-state index in [1.54, 1.807) is 48.5 Å². The van der Waals surface area contributed by atoms with Gasteiger partial charge >= 0.3 is 11.9 Å². The maximum atomic E-state index is 12.3. The van der Waals surface area contributed by atoms with Crippen LogP contribution in [0.15, 0.2) is 60.7 Å². The van der Waals surface area contributed by atoms with Gasteiger partial charge in [-0.3, -0.25) is 0 Å². The zero-order chi connectivity index (χ0) is 18.4. The lowest BCUT2D eigenvalue weighted by Crippen LogP contribution is -2.32. The van der Waals surface area contributed by atoms with Gasteiger partial charge in [0.2, 0.25) is 0 Å². The maximum absolute atomic E-state index is 12.3. The Morgan fingerprint density at radius 2 is 1.54 bits per heavy atom. The second kappa shape index (κ2) is 8.60. The molecule has 1 fully saturated rings. The summed E-state index contributed by atoms with van der Waals surface area (Å²) in [6.07, 6.45) is -1.27. The summed E-state index contributed by atoms with van der Waals surface area (Å²) in [6.45, 7) is -0.0275. The van der Waals surface area contributed by atoms with Crippen LogP contribution in [-0.4, -0.2) is 44.2 Å². The van der Waals surface area contributed by atoms with Gasteiger partial charge in [0.25, 0.3) is 0 Å². The Morgan fingerprint density at radius 3 is 2.12 bits per heavy atom. The first-order valence-corrected chi connectivity index (χ1v) is 8.34. The van der Waals surface area contributed by atoms with Crippen molar-refractivity contribution in [1.29, 1.82) is 0 Å². The van der Waals surface area contributed by atoms with Crippen molar-refractivity contribution in [2.45, 2.75) is 24.9 Å². The highest BCUT2D eigenvalue weighted by Crippen LogP contribution is 2.25. The molecule has 0 saturated carbocycles. The summed E-state index contributed by atoms with van der Waals surface area (Å²) >= 11 is 0. The Balaban J connectivity index is 1.60. The molecule has 136 valence electrons. The van der Waals surface area contributed by atoms with Crippen molar-refractivity contribution in [2.24, 2.45) is 0 Å². The molecular weight excluding hydrogens is 336 g/mol. The molecule has 2 aromatic rings. The van der Waals surface area contributed by atoms with E-state index in [1.165, 1.54) is 7.11 Å². The van der Waals surface area contributed by atoms with Crippen LogP contribution in [0, 0.1) is 0 Å². The van der Waals surface area contributed by atoms with E-state index in [4.69, 9.17) is 18.9 Å². The molecule has 3 rings (SSSR count). The van der Waals surface area contributed by atoms with E-state index in [9.17, 15) is 9.59 Å². The van der Waals surface area contributed by atoms with Crippen LogP contribution < -0.4 is 0 Å². The number of carbonyl (C=O) groups excluding carboxylic acids is 2. The van der Waals surface area contributed by atoms with Crippen molar-refractivity contribution in [2.75, 3.05) is 13.7 Å². The van der Waals surface area contributed by atoms with Crippen LogP contribution in [0.5, 0.6) is 0 Å². The minimum atomic E-state index is -0.583. The molecule has 0 radical (unpaired) electrons. The average molecular weight is 356 g/mol. The van der Waals surface area contributed by atoms with E-state index in [1.807, 2.05) is 12.1 Å². The lowest BCUT2D eigenvalue weighted by Gasteiger charge is -2.18. The molecule has 26 heavy (non-hydrogen) atoms. The number of rotatable bonds is 6. The van der Waals surface area contributed by atoms with Crippen molar-refractivity contribution < 1.29 is 28.5 Å². The second-order valence-corrected chi connectivity index (χ2v) is 5.85. The fourth-order valence-electron chi connectivity index (χ4n) is 2.70. The zero-order valence-electron chi connectivity index (χ0n) is 14.4. The molecule has 0 spiro atoms. The average Bonchev–Trinajstić information content (AvgIpc) is 3.09. The van der Waals surface area contributed by atoms with Crippen molar-refractivity contribution in [3.05, 3.63) is 71.8 Å².